The summed E-state index contributed by atoms with van der Waals surface area (Å²) in [4.78, 5) is 25.9. The Morgan fingerprint density at radius 2 is 1.91 bits per heavy atom. The Balaban J connectivity index is 1.44. The summed E-state index contributed by atoms with van der Waals surface area (Å²) in [6.07, 6.45) is 2.81. The molecule has 2 saturated heterocycles. The highest BCUT2D eigenvalue weighted by molar-refractivity contribution is 5.93. The SMILES string of the molecule is O=C(c1cnc2ccccc2n1)N1CCN(C2CCNC2)CC1. The summed E-state index contributed by atoms with van der Waals surface area (Å²) in [6.45, 7) is 5.60. The molecule has 2 aromatic rings. The van der Waals surface area contributed by atoms with Gasteiger partial charge in [0.15, 0.2) is 0 Å². The Bertz CT molecular complexity index is 705. The lowest BCUT2D eigenvalue weighted by atomic mass is 10.2. The van der Waals surface area contributed by atoms with Crippen molar-refractivity contribution in [2.45, 2.75) is 12.5 Å². The number of nitrogens with one attached hydrogen (secondary N) is 1. The lowest BCUT2D eigenvalue weighted by molar-refractivity contribution is 0.0578. The van der Waals surface area contributed by atoms with E-state index < -0.39 is 0 Å². The molecule has 2 aliphatic rings. The molecule has 2 aliphatic heterocycles. The molecule has 1 aromatic heterocycles. The number of amides is 1. The number of nitrogens with zero attached hydrogens (tertiary/aromatic N) is 4. The van der Waals surface area contributed by atoms with Gasteiger partial charge in [-0.15, -0.1) is 0 Å². The van der Waals surface area contributed by atoms with E-state index in [0.29, 0.717) is 11.7 Å². The molecule has 23 heavy (non-hydrogen) atoms. The number of hydrogen-bond donors (Lipinski definition) is 1. The number of fused-ring (bicyclic) bond motifs is 1. The quantitative estimate of drug-likeness (QED) is 0.887. The molecule has 4 rings (SSSR count). The lowest BCUT2D eigenvalue weighted by Gasteiger charge is -2.37. The number of aromatic nitrogens is 2. The smallest absolute Gasteiger partial charge is 0.274 e. The number of hydrogen-bond acceptors (Lipinski definition) is 5. The monoisotopic (exact) mass is 311 g/mol. The minimum atomic E-state index is -0.00699. The standard InChI is InChI=1S/C17H21N5O/c23-17(16-12-19-14-3-1-2-4-15(14)20-16)22-9-7-21(8-10-22)13-5-6-18-11-13/h1-4,12-13,18H,5-11H2. The lowest BCUT2D eigenvalue weighted by Crippen LogP contribution is -2.52. The van der Waals surface area contributed by atoms with E-state index in [4.69, 9.17) is 0 Å². The van der Waals surface area contributed by atoms with Crippen LogP contribution in [-0.2, 0) is 0 Å². The van der Waals surface area contributed by atoms with Crippen molar-refractivity contribution in [2.24, 2.45) is 0 Å². The summed E-state index contributed by atoms with van der Waals surface area (Å²) in [6, 6.07) is 8.28. The number of carbonyl (C=O) groups excluding carboxylic acids is 1. The van der Waals surface area contributed by atoms with Crippen LogP contribution in [-0.4, -0.2) is 71.0 Å². The minimum Gasteiger partial charge on any atom is -0.335 e. The van der Waals surface area contributed by atoms with Gasteiger partial charge in [0, 0.05) is 38.8 Å². The molecule has 3 heterocycles. The molecular weight excluding hydrogens is 290 g/mol. The molecule has 1 aromatic carbocycles. The summed E-state index contributed by atoms with van der Waals surface area (Å²) in [5, 5.41) is 3.41. The first-order valence-corrected chi connectivity index (χ1v) is 8.27. The van der Waals surface area contributed by atoms with E-state index in [9.17, 15) is 4.79 Å². The largest absolute Gasteiger partial charge is 0.335 e. The molecule has 0 radical (unpaired) electrons. The topological polar surface area (TPSA) is 61.4 Å². The van der Waals surface area contributed by atoms with E-state index >= 15 is 0 Å². The van der Waals surface area contributed by atoms with Crippen molar-refractivity contribution >= 4 is 16.9 Å². The van der Waals surface area contributed by atoms with Crippen LogP contribution in [0.4, 0.5) is 0 Å². The summed E-state index contributed by atoms with van der Waals surface area (Å²) in [5.74, 6) is -0.00699. The van der Waals surface area contributed by atoms with Crippen LogP contribution in [0.25, 0.3) is 11.0 Å². The van der Waals surface area contributed by atoms with Gasteiger partial charge in [-0.2, -0.15) is 0 Å². The van der Waals surface area contributed by atoms with Gasteiger partial charge in [0.25, 0.3) is 5.91 Å². The first-order chi connectivity index (χ1) is 11.3. The predicted molar refractivity (Wildman–Crippen MR) is 88.3 cm³/mol. The summed E-state index contributed by atoms with van der Waals surface area (Å²) in [5.41, 5.74) is 2.04. The van der Waals surface area contributed by atoms with Gasteiger partial charge in [-0.05, 0) is 25.1 Å². The highest BCUT2D eigenvalue weighted by Gasteiger charge is 2.28. The summed E-state index contributed by atoms with van der Waals surface area (Å²) in [7, 11) is 0. The Morgan fingerprint density at radius 3 is 2.65 bits per heavy atom. The van der Waals surface area contributed by atoms with Gasteiger partial charge in [-0.3, -0.25) is 14.7 Å². The summed E-state index contributed by atoms with van der Waals surface area (Å²) < 4.78 is 0. The molecule has 0 aliphatic carbocycles. The second kappa shape index (κ2) is 6.22. The van der Waals surface area contributed by atoms with Crippen molar-refractivity contribution in [3.63, 3.8) is 0 Å². The highest BCUT2D eigenvalue weighted by atomic mass is 16.2. The van der Waals surface area contributed by atoms with Gasteiger partial charge >= 0.3 is 0 Å². The van der Waals surface area contributed by atoms with Crippen molar-refractivity contribution in [2.75, 3.05) is 39.3 Å². The maximum atomic E-state index is 12.7. The second-order valence-corrected chi connectivity index (χ2v) is 6.22. The first kappa shape index (κ1) is 14.5. The third-order valence-electron chi connectivity index (χ3n) is 4.82. The molecule has 2 fully saturated rings. The van der Waals surface area contributed by atoms with Crippen LogP contribution in [0.15, 0.2) is 30.5 Å². The van der Waals surface area contributed by atoms with Gasteiger partial charge in [0.05, 0.1) is 17.2 Å². The fraction of sp³-hybridized carbons (Fsp3) is 0.471. The molecule has 6 nitrogen and oxygen atoms in total. The van der Waals surface area contributed by atoms with E-state index in [0.717, 1.165) is 50.3 Å². The van der Waals surface area contributed by atoms with Crippen LogP contribution in [0.1, 0.15) is 16.9 Å². The van der Waals surface area contributed by atoms with E-state index in [1.807, 2.05) is 29.2 Å². The molecule has 120 valence electrons. The van der Waals surface area contributed by atoms with Gasteiger partial charge < -0.3 is 10.2 Å². The Hall–Kier alpha value is -2.05. The molecular formula is C17H21N5O. The van der Waals surface area contributed by atoms with Gasteiger partial charge in [0.1, 0.15) is 5.69 Å². The van der Waals surface area contributed by atoms with Crippen molar-refractivity contribution in [1.82, 2.24) is 25.1 Å². The second-order valence-electron chi connectivity index (χ2n) is 6.22. The average molecular weight is 311 g/mol. The van der Waals surface area contributed by atoms with Crippen molar-refractivity contribution in [3.8, 4) is 0 Å². The third kappa shape index (κ3) is 2.92. The molecule has 0 spiro atoms. The molecule has 1 unspecified atom stereocenters. The highest BCUT2D eigenvalue weighted by Crippen LogP contribution is 2.14. The molecule has 0 bridgehead atoms. The maximum Gasteiger partial charge on any atom is 0.274 e. The Kier molecular flexibility index (Phi) is 3.93. The van der Waals surface area contributed by atoms with E-state index in [2.05, 4.69) is 20.2 Å². The molecule has 1 N–H and O–H groups in total. The Morgan fingerprint density at radius 1 is 1.13 bits per heavy atom. The fourth-order valence-corrected chi connectivity index (χ4v) is 3.46. The number of carbonyl (C=O) groups is 1. The number of piperazine rings is 1. The van der Waals surface area contributed by atoms with Crippen LogP contribution >= 0.6 is 0 Å². The normalized spacial score (nSPS) is 22.6. The zero-order valence-electron chi connectivity index (χ0n) is 13.1. The number of para-hydroxylation sites is 2. The zero-order chi connectivity index (χ0) is 15.6. The minimum absolute atomic E-state index is 0.00699. The van der Waals surface area contributed by atoms with E-state index in [1.54, 1.807) is 6.20 Å². The number of rotatable bonds is 2. The van der Waals surface area contributed by atoms with Crippen LogP contribution in [0.3, 0.4) is 0 Å². The van der Waals surface area contributed by atoms with Crippen LogP contribution in [0.2, 0.25) is 0 Å². The predicted octanol–water partition coefficient (Wildman–Crippen LogP) is 0.749. The first-order valence-electron chi connectivity index (χ1n) is 8.27. The fourth-order valence-electron chi connectivity index (χ4n) is 3.46. The molecule has 1 amide bonds. The van der Waals surface area contributed by atoms with Gasteiger partial charge in [-0.25, -0.2) is 4.98 Å². The van der Waals surface area contributed by atoms with Gasteiger partial charge in [0.2, 0.25) is 0 Å². The molecule has 6 heteroatoms. The third-order valence-corrected chi connectivity index (χ3v) is 4.82. The summed E-state index contributed by atoms with van der Waals surface area (Å²) >= 11 is 0. The van der Waals surface area contributed by atoms with Crippen molar-refractivity contribution in [1.29, 1.82) is 0 Å². The van der Waals surface area contributed by atoms with Crippen LogP contribution < -0.4 is 5.32 Å². The van der Waals surface area contributed by atoms with Crippen LogP contribution in [0.5, 0.6) is 0 Å². The van der Waals surface area contributed by atoms with Crippen LogP contribution in [0, 0.1) is 0 Å². The average Bonchev–Trinajstić information content (AvgIpc) is 3.15. The molecule has 0 saturated carbocycles. The zero-order valence-corrected chi connectivity index (χ0v) is 13.1. The number of benzene rings is 1. The van der Waals surface area contributed by atoms with Gasteiger partial charge in [-0.1, -0.05) is 12.1 Å². The maximum absolute atomic E-state index is 12.7. The van der Waals surface area contributed by atoms with E-state index in [-0.39, 0.29) is 5.91 Å². The van der Waals surface area contributed by atoms with E-state index in [1.165, 1.54) is 6.42 Å². The Labute approximate surface area is 135 Å². The van der Waals surface area contributed by atoms with Crippen molar-refractivity contribution in [3.05, 3.63) is 36.2 Å². The molecule has 1 atom stereocenters. The van der Waals surface area contributed by atoms with Crippen molar-refractivity contribution < 1.29 is 4.79 Å².